The Kier molecular flexibility index (Phi) is 8.56. The summed E-state index contributed by atoms with van der Waals surface area (Å²) < 4.78 is 11.1. The van der Waals surface area contributed by atoms with Crippen molar-refractivity contribution in [2.75, 3.05) is 26.0 Å². The van der Waals surface area contributed by atoms with Gasteiger partial charge in [-0.15, -0.1) is 0 Å². The van der Waals surface area contributed by atoms with Gasteiger partial charge < -0.3 is 9.47 Å². The highest BCUT2D eigenvalue weighted by Crippen LogP contribution is 2.55. The fraction of sp³-hybridized carbons (Fsp3) is 0.172. The number of benzene rings is 3. The van der Waals surface area contributed by atoms with E-state index >= 15 is 0 Å². The van der Waals surface area contributed by atoms with Crippen molar-refractivity contribution >= 4 is 29.1 Å². The molecule has 4 rings (SSSR count). The maximum absolute atomic E-state index is 12.0. The van der Waals surface area contributed by atoms with Crippen LogP contribution in [0.5, 0.6) is 0 Å². The van der Waals surface area contributed by atoms with E-state index in [0.717, 1.165) is 12.6 Å². The van der Waals surface area contributed by atoms with Crippen LogP contribution in [0.1, 0.15) is 16.8 Å². The van der Waals surface area contributed by atoms with Gasteiger partial charge in [-0.1, -0.05) is 54.6 Å². The van der Waals surface area contributed by atoms with Crippen LogP contribution >= 0.6 is 7.26 Å². The minimum Gasteiger partial charge on any atom is -0.460 e. The molecule has 0 atom stereocenters. The van der Waals surface area contributed by atoms with E-state index in [0.29, 0.717) is 18.8 Å². The summed E-state index contributed by atoms with van der Waals surface area (Å²) in [6.07, 6.45) is 5.04. The largest absolute Gasteiger partial charge is 0.460 e. The average Bonchev–Trinajstić information content (AvgIpc) is 2.92. The molecule has 172 valence electrons. The van der Waals surface area contributed by atoms with Crippen molar-refractivity contribution in [3.05, 3.63) is 121 Å². The molecule has 3 aromatic carbocycles. The van der Waals surface area contributed by atoms with E-state index in [2.05, 4.69) is 96.0 Å². The minimum absolute atomic E-state index is 0.226. The fourth-order valence-corrected chi connectivity index (χ4v) is 8.46. The van der Waals surface area contributed by atoms with Gasteiger partial charge in [0, 0.05) is 18.8 Å². The molecular weight excluding hydrogens is 441 g/mol. The van der Waals surface area contributed by atoms with Gasteiger partial charge in [-0.05, 0) is 48.5 Å². The Morgan fingerprint density at radius 2 is 1.24 bits per heavy atom. The molecule has 0 saturated heterocycles. The van der Waals surface area contributed by atoms with E-state index in [-0.39, 0.29) is 12.6 Å². The van der Waals surface area contributed by atoms with Gasteiger partial charge in [-0.25, -0.2) is 4.79 Å². The van der Waals surface area contributed by atoms with Crippen molar-refractivity contribution in [1.29, 1.82) is 0 Å². The number of hydrogen-bond donors (Lipinski definition) is 0. The molecule has 0 radical (unpaired) electrons. The smallest absolute Gasteiger partial charge is 0.339 e. The van der Waals surface area contributed by atoms with Crippen LogP contribution in [0.2, 0.25) is 0 Å². The van der Waals surface area contributed by atoms with Gasteiger partial charge in [0.2, 0.25) is 0 Å². The van der Waals surface area contributed by atoms with Crippen LogP contribution in [0.3, 0.4) is 0 Å². The summed E-state index contributed by atoms with van der Waals surface area (Å²) in [5.41, 5.74) is 0.450. The number of carbonyl (C=O) groups excluding carboxylic acids is 1. The van der Waals surface area contributed by atoms with Crippen LogP contribution in [0, 0.1) is 0 Å². The standard InChI is InChI=1S/C29H29NO3P/c31-29(25-12-10-19-30-24-25)33-22-21-32-20-11-23-34(26-13-4-1-5-14-26,27-15-6-2-7-16-27)28-17-8-3-9-18-28/h1-10,12-19,24H,11,20-23H2/q+1. The minimum atomic E-state index is -1.84. The Labute approximate surface area is 201 Å². The molecule has 0 saturated carbocycles. The van der Waals surface area contributed by atoms with Gasteiger partial charge in [0.15, 0.2) is 0 Å². The summed E-state index contributed by atoms with van der Waals surface area (Å²) in [5.74, 6) is -0.376. The average molecular weight is 471 g/mol. The van der Waals surface area contributed by atoms with Gasteiger partial charge >= 0.3 is 5.97 Å². The quantitative estimate of drug-likeness (QED) is 0.182. The maximum Gasteiger partial charge on any atom is 0.339 e. The van der Waals surface area contributed by atoms with Crippen molar-refractivity contribution in [2.24, 2.45) is 0 Å². The van der Waals surface area contributed by atoms with Gasteiger partial charge in [-0.2, -0.15) is 0 Å². The Morgan fingerprint density at radius 1 is 0.676 bits per heavy atom. The molecular formula is C29H29NO3P+. The Hall–Kier alpha value is -3.33. The van der Waals surface area contributed by atoms with Gasteiger partial charge in [-0.3, -0.25) is 4.98 Å². The van der Waals surface area contributed by atoms with Crippen molar-refractivity contribution in [3.63, 3.8) is 0 Å². The SMILES string of the molecule is O=C(OCCOCCC[P+](c1ccccc1)(c1ccccc1)c1ccccc1)c1cccnc1. The van der Waals surface area contributed by atoms with E-state index in [1.165, 1.54) is 22.1 Å². The van der Waals surface area contributed by atoms with E-state index in [9.17, 15) is 4.79 Å². The van der Waals surface area contributed by atoms with Crippen molar-refractivity contribution in [1.82, 2.24) is 4.98 Å². The summed E-state index contributed by atoms with van der Waals surface area (Å²) in [6.45, 7) is 1.21. The third kappa shape index (κ3) is 5.77. The molecule has 34 heavy (non-hydrogen) atoms. The molecule has 0 aliphatic carbocycles. The number of carbonyl (C=O) groups is 1. The van der Waals surface area contributed by atoms with Crippen LogP contribution in [-0.2, 0) is 9.47 Å². The lowest BCUT2D eigenvalue weighted by molar-refractivity contribution is 0.0319. The molecule has 0 aliphatic rings. The topological polar surface area (TPSA) is 48.4 Å². The Balaban J connectivity index is 1.42. The van der Waals surface area contributed by atoms with Crippen molar-refractivity contribution in [2.45, 2.75) is 6.42 Å². The van der Waals surface area contributed by atoms with E-state index in [1.807, 2.05) is 0 Å². The van der Waals surface area contributed by atoms with Crippen molar-refractivity contribution < 1.29 is 14.3 Å². The second kappa shape index (κ2) is 12.2. The first kappa shape index (κ1) is 23.8. The molecule has 0 N–H and O–H groups in total. The van der Waals surface area contributed by atoms with Crippen LogP contribution < -0.4 is 15.9 Å². The molecule has 0 unspecified atom stereocenters. The number of rotatable bonds is 11. The summed E-state index contributed by atoms with van der Waals surface area (Å²) in [6, 6.07) is 35.9. The Bertz CT molecular complexity index is 1040. The molecule has 0 aliphatic heterocycles. The first-order chi connectivity index (χ1) is 16.8. The summed E-state index contributed by atoms with van der Waals surface area (Å²) >= 11 is 0. The lowest BCUT2D eigenvalue weighted by atomic mass is 10.3. The Morgan fingerprint density at radius 3 is 1.74 bits per heavy atom. The molecule has 0 amide bonds. The zero-order valence-corrected chi connectivity index (χ0v) is 20.0. The molecule has 1 aromatic heterocycles. The second-order valence-corrected chi connectivity index (χ2v) is 11.5. The van der Waals surface area contributed by atoms with Crippen LogP contribution in [0.4, 0.5) is 0 Å². The second-order valence-electron chi connectivity index (χ2n) is 7.88. The van der Waals surface area contributed by atoms with Gasteiger partial charge in [0.25, 0.3) is 0 Å². The highest BCUT2D eigenvalue weighted by Gasteiger charge is 2.44. The first-order valence-electron chi connectivity index (χ1n) is 11.5. The summed E-state index contributed by atoms with van der Waals surface area (Å²) in [5, 5.41) is 4.12. The first-order valence-corrected chi connectivity index (χ1v) is 13.5. The molecule has 4 nitrogen and oxygen atoms in total. The van der Waals surface area contributed by atoms with Crippen LogP contribution in [-0.4, -0.2) is 36.9 Å². The number of ether oxygens (including phenoxy) is 2. The normalized spacial score (nSPS) is 11.2. The van der Waals surface area contributed by atoms with Crippen LogP contribution in [0.15, 0.2) is 116 Å². The van der Waals surface area contributed by atoms with E-state index in [4.69, 9.17) is 9.47 Å². The summed E-state index contributed by atoms with van der Waals surface area (Å²) in [7, 11) is -1.84. The van der Waals surface area contributed by atoms with Gasteiger partial charge in [0.05, 0.1) is 24.9 Å². The lowest BCUT2D eigenvalue weighted by Gasteiger charge is -2.27. The summed E-state index contributed by atoms with van der Waals surface area (Å²) in [4.78, 5) is 16.0. The van der Waals surface area contributed by atoms with Crippen LogP contribution in [0.25, 0.3) is 0 Å². The zero-order valence-electron chi connectivity index (χ0n) is 19.1. The third-order valence-corrected chi connectivity index (χ3v) is 10.3. The molecule has 0 fully saturated rings. The number of hydrogen-bond acceptors (Lipinski definition) is 4. The maximum atomic E-state index is 12.0. The monoisotopic (exact) mass is 470 g/mol. The molecule has 0 bridgehead atoms. The lowest BCUT2D eigenvalue weighted by Crippen LogP contribution is -2.33. The molecule has 4 aromatic rings. The van der Waals surface area contributed by atoms with Gasteiger partial charge in [0.1, 0.15) is 29.8 Å². The molecule has 1 heterocycles. The number of pyridine rings is 1. The number of aromatic nitrogens is 1. The number of esters is 1. The van der Waals surface area contributed by atoms with E-state index in [1.54, 1.807) is 18.3 Å². The predicted octanol–water partition coefficient (Wildman–Crippen LogP) is 4.64. The zero-order chi connectivity index (χ0) is 23.5. The highest BCUT2D eigenvalue weighted by atomic mass is 31.2. The fourth-order valence-electron chi connectivity index (χ4n) is 4.15. The highest BCUT2D eigenvalue weighted by molar-refractivity contribution is 7.95. The third-order valence-electron chi connectivity index (χ3n) is 5.73. The number of nitrogens with zero attached hydrogens (tertiary/aromatic N) is 1. The molecule has 5 heteroatoms. The van der Waals surface area contributed by atoms with Crippen molar-refractivity contribution in [3.8, 4) is 0 Å². The predicted molar refractivity (Wildman–Crippen MR) is 140 cm³/mol. The van der Waals surface area contributed by atoms with E-state index < -0.39 is 7.26 Å². The molecule has 0 spiro atoms.